The van der Waals surface area contributed by atoms with Crippen molar-refractivity contribution in [3.63, 3.8) is 0 Å². The van der Waals surface area contributed by atoms with E-state index >= 15 is 0 Å². The van der Waals surface area contributed by atoms with Gasteiger partial charge in [-0.2, -0.15) is 0 Å². The lowest BCUT2D eigenvalue weighted by molar-refractivity contribution is -0.187. The first-order valence-electron chi connectivity index (χ1n) is 5.21. The molecule has 7 heteroatoms. The Morgan fingerprint density at radius 2 is 1.53 bits per heavy atom. The maximum Gasteiger partial charge on any atom is 0.349 e. The summed E-state index contributed by atoms with van der Waals surface area (Å²) in [6, 6.07) is 0. The van der Waals surface area contributed by atoms with Gasteiger partial charge in [0.2, 0.25) is 0 Å². The first kappa shape index (κ1) is 18.5. The van der Waals surface area contributed by atoms with Gasteiger partial charge in [0.15, 0.2) is 0 Å². The average molecular weight is 270 g/mol. The van der Waals surface area contributed by atoms with Crippen LogP contribution >= 0.6 is 12.4 Å². The van der Waals surface area contributed by atoms with E-state index < -0.39 is 17.5 Å². The van der Waals surface area contributed by atoms with Crippen molar-refractivity contribution < 1.29 is 23.8 Å². The predicted octanol–water partition coefficient (Wildman–Crippen LogP) is 0.268. The van der Waals surface area contributed by atoms with Crippen LogP contribution in [0.15, 0.2) is 0 Å². The summed E-state index contributed by atoms with van der Waals surface area (Å²) in [6.07, 6.45) is 0. The fourth-order valence-electron chi connectivity index (χ4n) is 1.00. The van der Waals surface area contributed by atoms with Crippen molar-refractivity contribution in [2.24, 2.45) is 5.73 Å². The number of carbonyl (C=O) groups is 2. The highest BCUT2D eigenvalue weighted by molar-refractivity contribution is 6.03. The van der Waals surface area contributed by atoms with Gasteiger partial charge in [0.1, 0.15) is 0 Å². The number of esters is 2. The Bertz CT molecular complexity index is 229. The summed E-state index contributed by atoms with van der Waals surface area (Å²) in [6.45, 7) is 5.22. The van der Waals surface area contributed by atoms with Crippen molar-refractivity contribution in [2.45, 2.75) is 26.4 Å². The molecule has 0 aromatic carbocycles. The minimum absolute atomic E-state index is 0. The number of rotatable bonds is 7. The Labute approximate surface area is 107 Å². The highest BCUT2D eigenvalue weighted by Gasteiger charge is 2.45. The fraction of sp³-hybridized carbons (Fsp3) is 0.800. The molecule has 17 heavy (non-hydrogen) atoms. The molecule has 0 heterocycles. The van der Waals surface area contributed by atoms with Crippen LogP contribution in [0.25, 0.3) is 0 Å². The molecule has 6 nitrogen and oxygen atoms in total. The van der Waals surface area contributed by atoms with Crippen LogP contribution < -0.4 is 5.73 Å². The summed E-state index contributed by atoms with van der Waals surface area (Å²) in [5, 5.41) is 0. The molecule has 2 N–H and O–H groups in total. The molecule has 0 spiro atoms. The van der Waals surface area contributed by atoms with Crippen LogP contribution in [0.4, 0.5) is 0 Å². The van der Waals surface area contributed by atoms with E-state index in [-0.39, 0.29) is 38.8 Å². The van der Waals surface area contributed by atoms with Gasteiger partial charge in [0, 0.05) is 6.54 Å². The Morgan fingerprint density at radius 3 is 1.82 bits per heavy atom. The number of nitrogens with two attached hydrogens (primary N) is 1. The maximum atomic E-state index is 11.6. The zero-order valence-corrected chi connectivity index (χ0v) is 11.2. The average Bonchev–Trinajstić information content (AvgIpc) is 2.26. The predicted molar refractivity (Wildman–Crippen MR) is 63.9 cm³/mol. The smallest absolute Gasteiger partial charge is 0.349 e. The third kappa shape index (κ3) is 5.34. The molecule has 0 aliphatic carbocycles. The van der Waals surface area contributed by atoms with E-state index in [1.807, 2.05) is 0 Å². The molecule has 0 atom stereocenters. The molecule has 0 rings (SSSR count). The van der Waals surface area contributed by atoms with Crippen molar-refractivity contribution in [1.82, 2.24) is 0 Å². The molecule has 0 amide bonds. The number of ether oxygens (including phenoxy) is 3. The third-order valence-corrected chi connectivity index (χ3v) is 1.84. The van der Waals surface area contributed by atoms with E-state index in [4.69, 9.17) is 19.9 Å². The van der Waals surface area contributed by atoms with Gasteiger partial charge in [-0.05, 0) is 20.8 Å². The fourth-order valence-corrected chi connectivity index (χ4v) is 1.00. The van der Waals surface area contributed by atoms with Crippen LogP contribution in [0.1, 0.15) is 20.8 Å². The molecule has 0 aromatic heterocycles. The first-order valence-corrected chi connectivity index (χ1v) is 5.21. The highest BCUT2D eigenvalue weighted by atomic mass is 35.5. The minimum atomic E-state index is -1.73. The SMILES string of the molecule is CCOC(=O)C(C)(OCCN)C(=O)OCC.Cl. The van der Waals surface area contributed by atoms with Gasteiger partial charge in [0.05, 0.1) is 19.8 Å². The van der Waals surface area contributed by atoms with E-state index in [2.05, 4.69) is 0 Å². The van der Waals surface area contributed by atoms with Crippen LogP contribution in [0.5, 0.6) is 0 Å². The summed E-state index contributed by atoms with van der Waals surface area (Å²) in [7, 11) is 0. The summed E-state index contributed by atoms with van der Waals surface area (Å²) in [4.78, 5) is 23.2. The van der Waals surface area contributed by atoms with E-state index in [0.29, 0.717) is 0 Å². The summed E-state index contributed by atoms with van der Waals surface area (Å²) in [5.41, 5.74) is 3.52. The largest absolute Gasteiger partial charge is 0.463 e. The quantitative estimate of drug-likeness (QED) is 0.527. The second-order valence-corrected chi connectivity index (χ2v) is 3.11. The van der Waals surface area contributed by atoms with Crippen LogP contribution in [-0.4, -0.2) is 43.9 Å². The summed E-state index contributed by atoms with van der Waals surface area (Å²) in [5.74, 6) is -1.52. The molecule has 0 saturated heterocycles. The second-order valence-electron chi connectivity index (χ2n) is 3.11. The monoisotopic (exact) mass is 269 g/mol. The van der Waals surface area contributed by atoms with Gasteiger partial charge in [-0.15, -0.1) is 12.4 Å². The molecule has 0 aliphatic rings. The van der Waals surface area contributed by atoms with Crippen LogP contribution in [0.3, 0.4) is 0 Å². The summed E-state index contributed by atoms with van der Waals surface area (Å²) >= 11 is 0. The van der Waals surface area contributed by atoms with Crippen molar-refractivity contribution in [3.05, 3.63) is 0 Å². The number of hydrogen-bond acceptors (Lipinski definition) is 6. The Morgan fingerprint density at radius 1 is 1.12 bits per heavy atom. The van der Waals surface area contributed by atoms with Gasteiger partial charge >= 0.3 is 11.9 Å². The third-order valence-electron chi connectivity index (χ3n) is 1.84. The Hall–Kier alpha value is -0.850. The van der Waals surface area contributed by atoms with Gasteiger partial charge in [0.25, 0.3) is 5.60 Å². The van der Waals surface area contributed by atoms with E-state index in [1.54, 1.807) is 13.8 Å². The molecule has 0 aliphatic heterocycles. The lowest BCUT2D eigenvalue weighted by Crippen LogP contribution is -2.49. The molecular weight excluding hydrogens is 250 g/mol. The van der Waals surface area contributed by atoms with Crippen LogP contribution in [-0.2, 0) is 23.8 Å². The van der Waals surface area contributed by atoms with Crippen molar-refractivity contribution in [3.8, 4) is 0 Å². The second kappa shape index (κ2) is 9.21. The van der Waals surface area contributed by atoms with Crippen LogP contribution in [0.2, 0.25) is 0 Å². The zero-order valence-electron chi connectivity index (χ0n) is 10.4. The summed E-state index contributed by atoms with van der Waals surface area (Å²) < 4.78 is 14.7. The number of hydrogen-bond donors (Lipinski definition) is 1. The Balaban J connectivity index is 0. The molecule has 0 bridgehead atoms. The maximum absolute atomic E-state index is 11.6. The van der Waals surface area contributed by atoms with Crippen molar-refractivity contribution >= 4 is 24.3 Å². The molecular formula is C10H20ClNO5. The van der Waals surface area contributed by atoms with E-state index in [1.165, 1.54) is 6.92 Å². The van der Waals surface area contributed by atoms with Crippen LogP contribution in [0, 0.1) is 0 Å². The van der Waals surface area contributed by atoms with Gasteiger partial charge in [-0.3, -0.25) is 0 Å². The molecule has 0 unspecified atom stereocenters. The van der Waals surface area contributed by atoms with E-state index in [0.717, 1.165) is 0 Å². The Kier molecular flexibility index (Phi) is 10.0. The van der Waals surface area contributed by atoms with E-state index in [9.17, 15) is 9.59 Å². The lowest BCUT2D eigenvalue weighted by Gasteiger charge is -2.24. The van der Waals surface area contributed by atoms with Crippen molar-refractivity contribution in [2.75, 3.05) is 26.4 Å². The molecule has 0 radical (unpaired) electrons. The van der Waals surface area contributed by atoms with Gasteiger partial charge in [-0.25, -0.2) is 9.59 Å². The normalized spacial score (nSPS) is 10.4. The van der Waals surface area contributed by atoms with Gasteiger partial charge < -0.3 is 19.9 Å². The molecule has 102 valence electrons. The highest BCUT2D eigenvalue weighted by Crippen LogP contribution is 2.15. The minimum Gasteiger partial charge on any atom is -0.463 e. The number of halogens is 1. The van der Waals surface area contributed by atoms with Crippen molar-refractivity contribution in [1.29, 1.82) is 0 Å². The van der Waals surface area contributed by atoms with Gasteiger partial charge in [-0.1, -0.05) is 0 Å². The standard InChI is InChI=1S/C10H19NO5.ClH/c1-4-14-8(12)10(3,16-7-6-11)9(13)15-5-2;/h4-7,11H2,1-3H3;1H. The molecule has 0 saturated carbocycles. The first-order chi connectivity index (χ1) is 7.52. The topological polar surface area (TPSA) is 87.9 Å². The lowest BCUT2D eigenvalue weighted by atomic mass is 10.1. The zero-order chi connectivity index (χ0) is 12.6. The number of carbonyl (C=O) groups excluding carboxylic acids is 2. The molecule has 0 aromatic rings. The molecule has 0 fully saturated rings.